The quantitative estimate of drug-likeness (QED) is 0.632. The first kappa shape index (κ1) is 19.3. The molecule has 0 radical (unpaired) electrons. The van der Waals surface area contributed by atoms with E-state index in [2.05, 4.69) is 26.9 Å². The maximum atomic E-state index is 13.1. The van der Waals surface area contributed by atoms with Crippen LogP contribution < -0.4 is 15.0 Å². The van der Waals surface area contributed by atoms with Gasteiger partial charge in [-0.3, -0.25) is 9.78 Å². The van der Waals surface area contributed by atoms with Gasteiger partial charge in [-0.1, -0.05) is 13.3 Å². The van der Waals surface area contributed by atoms with Crippen molar-refractivity contribution in [3.8, 4) is 23.1 Å². The zero-order chi connectivity index (χ0) is 20.5. The lowest BCUT2D eigenvalue weighted by atomic mass is 9.78. The smallest absolute Gasteiger partial charge is 0.319 e. The van der Waals surface area contributed by atoms with Crippen LogP contribution in [0.5, 0.6) is 11.9 Å². The third kappa shape index (κ3) is 3.22. The fraction of sp³-hybridized carbons (Fsp3) is 0.476. The number of methoxy groups -OCH3 is 2. The number of aryl methyl sites for hydroxylation is 1. The average molecular weight is 395 g/mol. The summed E-state index contributed by atoms with van der Waals surface area (Å²) in [5.41, 5.74) is 3.04. The summed E-state index contributed by atoms with van der Waals surface area (Å²) in [6.45, 7) is 3.89. The molecule has 0 aromatic carbocycles. The van der Waals surface area contributed by atoms with Crippen LogP contribution in [0.3, 0.4) is 0 Å². The fourth-order valence-electron chi connectivity index (χ4n) is 4.09. The Hall–Kier alpha value is -3.03. The molecule has 1 aliphatic carbocycles. The van der Waals surface area contributed by atoms with Gasteiger partial charge in [0, 0.05) is 18.4 Å². The molecule has 1 saturated carbocycles. The van der Waals surface area contributed by atoms with Gasteiger partial charge in [-0.05, 0) is 38.2 Å². The second kappa shape index (κ2) is 7.77. The molecule has 0 N–H and O–H groups in total. The van der Waals surface area contributed by atoms with E-state index in [0.29, 0.717) is 34.3 Å². The molecule has 0 aliphatic heterocycles. The van der Waals surface area contributed by atoms with Gasteiger partial charge in [-0.2, -0.15) is 4.98 Å². The molecule has 8 heteroatoms. The summed E-state index contributed by atoms with van der Waals surface area (Å²) in [7, 11) is 3.04. The van der Waals surface area contributed by atoms with Crippen LogP contribution in [-0.2, 0) is 0 Å². The number of ether oxygens (including phenoxy) is 2. The molecule has 4 rings (SSSR count). The highest BCUT2D eigenvalue weighted by Gasteiger charge is 2.30. The molecule has 0 spiro atoms. The maximum Gasteiger partial charge on any atom is 0.319 e. The Morgan fingerprint density at radius 1 is 1.21 bits per heavy atom. The Labute approximate surface area is 169 Å². The van der Waals surface area contributed by atoms with Gasteiger partial charge >= 0.3 is 6.01 Å². The van der Waals surface area contributed by atoms with Crippen molar-refractivity contribution < 1.29 is 9.47 Å². The van der Waals surface area contributed by atoms with Crippen molar-refractivity contribution >= 4 is 11.0 Å². The van der Waals surface area contributed by atoms with Gasteiger partial charge in [-0.25, -0.2) is 9.97 Å². The minimum Gasteiger partial charge on any atom is -0.480 e. The van der Waals surface area contributed by atoms with Crippen molar-refractivity contribution in [3.05, 3.63) is 34.5 Å². The molecule has 152 valence electrons. The summed E-state index contributed by atoms with van der Waals surface area (Å²) < 4.78 is 12.5. The monoisotopic (exact) mass is 395 g/mol. The lowest BCUT2D eigenvalue weighted by Gasteiger charge is -2.35. The molecule has 1 fully saturated rings. The van der Waals surface area contributed by atoms with Crippen molar-refractivity contribution in [2.24, 2.45) is 5.92 Å². The van der Waals surface area contributed by atoms with E-state index in [-0.39, 0.29) is 17.6 Å². The van der Waals surface area contributed by atoms with E-state index in [0.717, 1.165) is 24.8 Å². The van der Waals surface area contributed by atoms with E-state index < -0.39 is 0 Å². The molecule has 8 nitrogen and oxygen atoms in total. The molecule has 3 heterocycles. The zero-order valence-electron chi connectivity index (χ0n) is 17.2. The first-order chi connectivity index (χ1) is 14.1. The summed E-state index contributed by atoms with van der Waals surface area (Å²) in [6.07, 6.45) is 7.75. The molecule has 3 aromatic heterocycles. The normalized spacial score (nSPS) is 15.2. The largest absolute Gasteiger partial charge is 0.480 e. The minimum atomic E-state index is -0.0358. The Balaban J connectivity index is 1.98. The van der Waals surface area contributed by atoms with Gasteiger partial charge in [-0.15, -0.1) is 0 Å². The number of hydrogen-bond acceptors (Lipinski definition) is 7. The molecule has 29 heavy (non-hydrogen) atoms. The third-order valence-electron chi connectivity index (χ3n) is 5.78. The molecule has 0 unspecified atom stereocenters. The van der Waals surface area contributed by atoms with E-state index in [1.165, 1.54) is 20.6 Å². The number of pyridine rings is 1. The summed E-state index contributed by atoms with van der Waals surface area (Å²) in [6, 6.07) is 2.23. The third-order valence-corrected chi connectivity index (χ3v) is 5.78. The molecule has 3 aromatic rings. The predicted molar refractivity (Wildman–Crippen MR) is 109 cm³/mol. The van der Waals surface area contributed by atoms with Crippen LogP contribution in [0, 0.1) is 12.8 Å². The average Bonchev–Trinajstić information content (AvgIpc) is 2.71. The maximum absolute atomic E-state index is 13.1. The van der Waals surface area contributed by atoms with Crippen LogP contribution in [-0.4, -0.2) is 38.7 Å². The van der Waals surface area contributed by atoms with Crippen LogP contribution in [0.15, 0.2) is 23.3 Å². The van der Waals surface area contributed by atoms with Crippen LogP contribution >= 0.6 is 0 Å². The SMILES string of the molecule is CC[C@H](C1CCC1)n1c(=O)c(C)nc2c(-c3cnc(OC)nc3OC)nccc21. The van der Waals surface area contributed by atoms with Gasteiger partial charge in [0.1, 0.15) is 16.9 Å². The van der Waals surface area contributed by atoms with Gasteiger partial charge in [0.05, 0.1) is 25.3 Å². The molecule has 0 saturated heterocycles. The fourth-order valence-corrected chi connectivity index (χ4v) is 4.09. The van der Waals surface area contributed by atoms with Crippen molar-refractivity contribution in [2.75, 3.05) is 14.2 Å². The first-order valence-electron chi connectivity index (χ1n) is 9.92. The number of aromatic nitrogens is 5. The van der Waals surface area contributed by atoms with E-state index >= 15 is 0 Å². The summed E-state index contributed by atoms with van der Waals surface area (Å²) in [5, 5.41) is 0. The molecule has 1 aliphatic rings. The molecule has 0 amide bonds. The standard InChI is InChI=1S/C21H25N5O3/c1-5-15(13-7-6-8-13)26-16-9-10-22-17(18(16)24-12(2)20(26)27)14-11-23-21(29-4)25-19(14)28-3/h9-11,13,15H,5-8H2,1-4H3/t15-/m1/s1. The lowest BCUT2D eigenvalue weighted by molar-refractivity contribution is 0.203. The van der Waals surface area contributed by atoms with E-state index in [1.807, 2.05) is 10.6 Å². The highest BCUT2D eigenvalue weighted by atomic mass is 16.5. The van der Waals surface area contributed by atoms with Crippen molar-refractivity contribution in [3.63, 3.8) is 0 Å². The van der Waals surface area contributed by atoms with Crippen LogP contribution in [0.25, 0.3) is 22.3 Å². The van der Waals surface area contributed by atoms with Crippen molar-refractivity contribution in [1.82, 2.24) is 24.5 Å². The topological polar surface area (TPSA) is 92.0 Å². The minimum absolute atomic E-state index is 0.0358. The van der Waals surface area contributed by atoms with Crippen molar-refractivity contribution in [2.45, 2.75) is 45.6 Å². The number of fused-ring (bicyclic) bond motifs is 1. The number of hydrogen-bond donors (Lipinski definition) is 0. The van der Waals surface area contributed by atoms with Crippen LogP contribution in [0.1, 0.15) is 44.3 Å². The zero-order valence-corrected chi connectivity index (χ0v) is 17.2. The van der Waals surface area contributed by atoms with Gasteiger partial charge in [0.15, 0.2) is 0 Å². The molecule has 1 atom stereocenters. The Morgan fingerprint density at radius 2 is 2.00 bits per heavy atom. The Bertz CT molecular complexity index is 1110. The van der Waals surface area contributed by atoms with E-state index in [4.69, 9.17) is 9.47 Å². The van der Waals surface area contributed by atoms with Gasteiger partial charge < -0.3 is 14.0 Å². The summed E-state index contributed by atoms with van der Waals surface area (Å²) in [4.78, 5) is 30.7. The van der Waals surface area contributed by atoms with Crippen LogP contribution in [0.4, 0.5) is 0 Å². The second-order valence-electron chi connectivity index (χ2n) is 7.35. The molecular formula is C21H25N5O3. The second-order valence-corrected chi connectivity index (χ2v) is 7.35. The highest BCUT2D eigenvalue weighted by Crippen LogP contribution is 2.39. The summed E-state index contributed by atoms with van der Waals surface area (Å²) in [5.74, 6) is 0.873. The Kier molecular flexibility index (Phi) is 5.17. The highest BCUT2D eigenvalue weighted by molar-refractivity contribution is 5.90. The van der Waals surface area contributed by atoms with E-state index in [1.54, 1.807) is 19.3 Å². The number of nitrogens with zero attached hydrogens (tertiary/aromatic N) is 5. The summed E-state index contributed by atoms with van der Waals surface area (Å²) >= 11 is 0. The van der Waals surface area contributed by atoms with Crippen LogP contribution in [0.2, 0.25) is 0 Å². The van der Waals surface area contributed by atoms with Gasteiger partial charge in [0.25, 0.3) is 5.56 Å². The predicted octanol–water partition coefficient (Wildman–Crippen LogP) is 3.33. The van der Waals surface area contributed by atoms with Crippen molar-refractivity contribution in [1.29, 1.82) is 0 Å². The van der Waals surface area contributed by atoms with Gasteiger partial charge in [0.2, 0.25) is 5.88 Å². The number of rotatable bonds is 6. The molecule has 0 bridgehead atoms. The lowest BCUT2D eigenvalue weighted by Crippen LogP contribution is -2.34. The Morgan fingerprint density at radius 3 is 2.62 bits per heavy atom. The molecular weight excluding hydrogens is 370 g/mol. The van der Waals surface area contributed by atoms with E-state index in [9.17, 15) is 4.79 Å². The first-order valence-corrected chi connectivity index (χ1v) is 9.92.